The Kier molecular flexibility index (Phi) is 8.76. The van der Waals surface area contributed by atoms with Crippen LogP contribution in [0.15, 0.2) is 48.5 Å². The molecule has 0 aromatic heterocycles. The number of unbranched alkanes of at least 4 members (excludes halogenated alkanes) is 1. The fourth-order valence-corrected chi connectivity index (χ4v) is 4.02. The number of nitrogens with zero attached hydrogens (tertiary/aromatic N) is 1. The summed E-state index contributed by atoms with van der Waals surface area (Å²) in [4.78, 5) is 15.1. The maximum absolute atomic E-state index is 13.1. The van der Waals surface area contributed by atoms with Gasteiger partial charge in [-0.1, -0.05) is 43.7 Å². The lowest BCUT2D eigenvalue weighted by molar-refractivity contribution is 0.0690. The van der Waals surface area contributed by atoms with Crippen LogP contribution in [0.2, 0.25) is 0 Å². The molecule has 4 heteroatoms. The van der Waals surface area contributed by atoms with E-state index in [2.05, 4.69) is 37.3 Å². The molecule has 1 saturated heterocycles. The molecular weight excluding hydrogens is 374 g/mol. The minimum Gasteiger partial charge on any atom is -0.494 e. The average molecular weight is 410 g/mol. The Morgan fingerprint density at radius 3 is 2.53 bits per heavy atom. The highest BCUT2D eigenvalue weighted by Gasteiger charge is 2.24. The summed E-state index contributed by atoms with van der Waals surface area (Å²) in [6.45, 7) is 7.59. The van der Waals surface area contributed by atoms with Crippen molar-refractivity contribution in [2.75, 3.05) is 26.3 Å². The molecule has 0 unspecified atom stereocenters. The third kappa shape index (κ3) is 6.33. The van der Waals surface area contributed by atoms with Gasteiger partial charge in [0, 0.05) is 30.8 Å². The summed E-state index contributed by atoms with van der Waals surface area (Å²) in [6, 6.07) is 16.4. The van der Waals surface area contributed by atoms with Gasteiger partial charge in [-0.25, -0.2) is 0 Å². The molecule has 3 rings (SSSR count). The monoisotopic (exact) mass is 409 g/mol. The summed E-state index contributed by atoms with van der Waals surface area (Å²) in [5.74, 6) is 1.58. The van der Waals surface area contributed by atoms with Crippen molar-refractivity contribution in [2.24, 2.45) is 5.92 Å². The number of piperidine rings is 1. The Morgan fingerprint density at radius 2 is 1.83 bits per heavy atom. The predicted octanol–water partition coefficient (Wildman–Crippen LogP) is 5.50. The lowest BCUT2D eigenvalue weighted by atomic mass is 9.90. The Hall–Kier alpha value is -2.33. The number of likely N-dealkylation sites (tertiary alicyclic amines) is 1. The van der Waals surface area contributed by atoms with Crippen LogP contribution in [0.5, 0.6) is 5.75 Å². The molecule has 4 nitrogen and oxygen atoms in total. The van der Waals surface area contributed by atoms with E-state index >= 15 is 0 Å². The van der Waals surface area contributed by atoms with E-state index in [1.165, 1.54) is 5.56 Å². The SMILES string of the molecule is CCCCOCc1cc(C(=O)N2CCC(Cc3ccccc3)CC2)ccc1OCC. The van der Waals surface area contributed by atoms with E-state index in [1.54, 1.807) is 0 Å². The van der Waals surface area contributed by atoms with Gasteiger partial charge in [0.1, 0.15) is 5.75 Å². The van der Waals surface area contributed by atoms with Gasteiger partial charge in [-0.3, -0.25) is 4.79 Å². The van der Waals surface area contributed by atoms with Crippen LogP contribution >= 0.6 is 0 Å². The van der Waals surface area contributed by atoms with Crippen LogP contribution in [0.25, 0.3) is 0 Å². The third-order valence-corrected chi connectivity index (χ3v) is 5.78. The second-order valence-electron chi connectivity index (χ2n) is 8.09. The van der Waals surface area contributed by atoms with Crippen LogP contribution in [-0.4, -0.2) is 37.1 Å². The number of hydrogen-bond acceptors (Lipinski definition) is 3. The normalized spacial score (nSPS) is 14.7. The molecular formula is C26H35NO3. The van der Waals surface area contributed by atoms with Crippen molar-refractivity contribution < 1.29 is 14.3 Å². The number of carbonyl (C=O) groups is 1. The molecule has 0 bridgehead atoms. The molecule has 1 heterocycles. The second kappa shape index (κ2) is 11.8. The summed E-state index contributed by atoms with van der Waals surface area (Å²) < 4.78 is 11.5. The first kappa shape index (κ1) is 22.4. The van der Waals surface area contributed by atoms with Crippen LogP contribution in [0.1, 0.15) is 61.0 Å². The minimum absolute atomic E-state index is 0.117. The smallest absolute Gasteiger partial charge is 0.253 e. The van der Waals surface area contributed by atoms with Gasteiger partial charge in [0.05, 0.1) is 13.2 Å². The van der Waals surface area contributed by atoms with Gasteiger partial charge in [0.25, 0.3) is 5.91 Å². The van der Waals surface area contributed by atoms with E-state index in [0.29, 0.717) is 19.1 Å². The van der Waals surface area contributed by atoms with E-state index in [1.807, 2.05) is 30.0 Å². The molecule has 1 amide bonds. The number of ether oxygens (including phenoxy) is 2. The highest BCUT2D eigenvalue weighted by atomic mass is 16.5. The molecule has 0 aliphatic carbocycles. The van der Waals surface area contributed by atoms with Gasteiger partial charge in [-0.05, 0) is 62.3 Å². The van der Waals surface area contributed by atoms with Crippen LogP contribution in [-0.2, 0) is 17.8 Å². The lowest BCUT2D eigenvalue weighted by Gasteiger charge is -2.32. The topological polar surface area (TPSA) is 38.8 Å². The number of carbonyl (C=O) groups excluding carboxylic acids is 1. The van der Waals surface area contributed by atoms with Gasteiger partial charge in [-0.15, -0.1) is 0 Å². The second-order valence-corrected chi connectivity index (χ2v) is 8.09. The van der Waals surface area contributed by atoms with E-state index in [9.17, 15) is 4.79 Å². The highest BCUT2D eigenvalue weighted by Crippen LogP contribution is 2.25. The Bertz CT molecular complexity index is 782. The molecule has 2 aromatic rings. The minimum atomic E-state index is 0.117. The maximum Gasteiger partial charge on any atom is 0.253 e. The molecule has 0 atom stereocenters. The molecule has 0 saturated carbocycles. The molecule has 1 aliphatic rings. The van der Waals surface area contributed by atoms with E-state index in [4.69, 9.17) is 9.47 Å². The number of benzene rings is 2. The summed E-state index contributed by atoms with van der Waals surface area (Å²) in [5, 5.41) is 0. The standard InChI is InChI=1S/C26H35NO3/c1-3-5-17-29-20-24-19-23(11-12-25(24)30-4-2)26(28)27-15-13-22(14-16-27)18-21-9-7-6-8-10-21/h6-12,19,22H,3-5,13-18,20H2,1-2H3. The van der Waals surface area contributed by atoms with Gasteiger partial charge in [-0.2, -0.15) is 0 Å². The van der Waals surface area contributed by atoms with Crippen LogP contribution in [0.4, 0.5) is 0 Å². The molecule has 0 radical (unpaired) electrons. The molecule has 162 valence electrons. The molecule has 0 N–H and O–H groups in total. The van der Waals surface area contributed by atoms with Crippen LogP contribution < -0.4 is 4.74 Å². The quantitative estimate of drug-likeness (QED) is 0.487. The van der Waals surface area contributed by atoms with Crippen LogP contribution in [0, 0.1) is 5.92 Å². The molecule has 2 aromatic carbocycles. The van der Waals surface area contributed by atoms with Crippen molar-refractivity contribution in [1.29, 1.82) is 0 Å². The van der Waals surface area contributed by atoms with Gasteiger partial charge in [0.2, 0.25) is 0 Å². The van der Waals surface area contributed by atoms with E-state index < -0.39 is 0 Å². The Labute approximate surface area is 181 Å². The van der Waals surface area contributed by atoms with Gasteiger partial charge < -0.3 is 14.4 Å². The average Bonchev–Trinajstić information content (AvgIpc) is 2.78. The predicted molar refractivity (Wildman–Crippen MR) is 121 cm³/mol. The number of hydrogen-bond donors (Lipinski definition) is 0. The number of amides is 1. The lowest BCUT2D eigenvalue weighted by Crippen LogP contribution is -2.39. The fraction of sp³-hybridized carbons (Fsp3) is 0.500. The molecule has 1 aliphatic heterocycles. The number of rotatable bonds is 10. The molecule has 30 heavy (non-hydrogen) atoms. The summed E-state index contributed by atoms with van der Waals surface area (Å²) in [6.07, 6.45) is 5.37. The van der Waals surface area contributed by atoms with E-state index in [-0.39, 0.29) is 5.91 Å². The van der Waals surface area contributed by atoms with Gasteiger partial charge >= 0.3 is 0 Å². The summed E-state index contributed by atoms with van der Waals surface area (Å²) in [7, 11) is 0. The zero-order chi connectivity index (χ0) is 21.2. The maximum atomic E-state index is 13.1. The Balaban J connectivity index is 1.59. The van der Waals surface area contributed by atoms with Crippen molar-refractivity contribution in [2.45, 2.75) is 52.6 Å². The Morgan fingerprint density at radius 1 is 1.07 bits per heavy atom. The van der Waals surface area contributed by atoms with Crippen molar-refractivity contribution in [1.82, 2.24) is 4.90 Å². The molecule has 0 spiro atoms. The zero-order valence-corrected chi connectivity index (χ0v) is 18.4. The van der Waals surface area contributed by atoms with Crippen molar-refractivity contribution >= 4 is 5.91 Å². The summed E-state index contributed by atoms with van der Waals surface area (Å²) >= 11 is 0. The first-order chi connectivity index (χ1) is 14.7. The first-order valence-corrected chi connectivity index (χ1v) is 11.4. The van der Waals surface area contributed by atoms with Crippen molar-refractivity contribution in [3.8, 4) is 5.75 Å². The zero-order valence-electron chi connectivity index (χ0n) is 18.4. The first-order valence-electron chi connectivity index (χ1n) is 11.4. The van der Waals surface area contributed by atoms with Crippen molar-refractivity contribution in [3.63, 3.8) is 0 Å². The summed E-state index contributed by atoms with van der Waals surface area (Å²) in [5.41, 5.74) is 3.08. The van der Waals surface area contributed by atoms with Crippen molar-refractivity contribution in [3.05, 3.63) is 65.2 Å². The fourth-order valence-electron chi connectivity index (χ4n) is 4.02. The van der Waals surface area contributed by atoms with E-state index in [0.717, 1.165) is 68.7 Å². The third-order valence-electron chi connectivity index (χ3n) is 5.78. The highest BCUT2D eigenvalue weighted by molar-refractivity contribution is 5.94. The van der Waals surface area contributed by atoms with Crippen LogP contribution in [0.3, 0.4) is 0 Å². The van der Waals surface area contributed by atoms with Gasteiger partial charge in [0.15, 0.2) is 0 Å². The largest absolute Gasteiger partial charge is 0.494 e. The molecule has 1 fully saturated rings.